The third kappa shape index (κ3) is 3.46. The molecule has 0 spiro atoms. The van der Waals surface area contributed by atoms with Gasteiger partial charge in [0.2, 0.25) is 10.0 Å². The zero-order valence-electron chi connectivity index (χ0n) is 11.2. The summed E-state index contributed by atoms with van der Waals surface area (Å²) in [7, 11) is -2.15. The van der Waals surface area contributed by atoms with Gasteiger partial charge in [-0.25, -0.2) is 13.1 Å². The Balaban J connectivity index is 2.09. The zero-order chi connectivity index (χ0) is 13.9. The number of methoxy groups -OCH3 is 1. The van der Waals surface area contributed by atoms with Crippen LogP contribution in [0.2, 0.25) is 0 Å². The highest BCUT2D eigenvalue weighted by Crippen LogP contribution is 2.30. The van der Waals surface area contributed by atoms with E-state index in [1.165, 1.54) is 7.11 Å². The lowest BCUT2D eigenvalue weighted by atomic mass is 9.89. The molecule has 1 aliphatic heterocycles. The van der Waals surface area contributed by atoms with Crippen molar-refractivity contribution in [1.29, 1.82) is 0 Å². The maximum absolute atomic E-state index is 12.4. The molecule has 6 nitrogen and oxygen atoms in total. The molecular weight excluding hydrogens is 268 g/mol. The molecule has 2 aliphatic rings. The highest BCUT2D eigenvalue weighted by atomic mass is 32.2. The standard InChI is InChI=1S/C12H22N2O4S/c1-18-12(15)10-4-2-3-5-11(10)19(16,17)14-9-6-7-13-8-9/h9-11,13-14H,2-8H2,1H3. The summed E-state index contributed by atoms with van der Waals surface area (Å²) in [6.07, 6.45) is 3.67. The molecular formula is C12H22N2O4S. The summed E-state index contributed by atoms with van der Waals surface area (Å²) >= 11 is 0. The Kier molecular flexibility index (Phi) is 4.81. The van der Waals surface area contributed by atoms with Crippen molar-refractivity contribution in [3.8, 4) is 0 Å². The first-order valence-corrected chi connectivity index (χ1v) is 8.39. The number of carbonyl (C=O) groups is 1. The molecule has 1 heterocycles. The number of rotatable bonds is 4. The summed E-state index contributed by atoms with van der Waals surface area (Å²) < 4.78 is 32.3. The molecule has 1 saturated heterocycles. The Morgan fingerprint density at radius 1 is 1.26 bits per heavy atom. The molecule has 2 N–H and O–H groups in total. The Morgan fingerprint density at radius 2 is 2.00 bits per heavy atom. The van der Waals surface area contributed by atoms with Crippen molar-refractivity contribution in [3.05, 3.63) is 0 Å². The summed E-state index contributed by atoms with van der Waals surface area (Å²) in [4.78, 5) is 11.7. The van der Waals surface area contributed by atoms with Gasteiger partial charge < -0.3 is 10.1 Å². The summed E-state index contributed by atoms with van der Waals surface area (Å²) in [5.41, 5.74) is 0. The second-order valence-corrected chi connectivity index (χ2v) is 7.24. The maximum atomic E-state index is 12.4. The van der Waals surface area contributed by atoms with E-state index in [0.717, 1.165) is 25.8 Å². The van der Waals surface area contributed by atoms with Crippen LogP contribution >= 0.6 is 0 Å². The van der Waals surface area contributed by atoms with Crippen LogP contribution in [0.1, 0.15) is 32.1 Å². The van der Waals surface area contributed by atoms with Gasteiger partial charge in [-0.3, -0.25) is 4.79 Å². The molecule has 0 amide bonds. The molecule has 3 atom stereocenters. The first kappa shape index (κ1) is 14.7. The third-order valence-electron chi connectivity index (χ3n) is 4.00. The fourth-order valence-electron chi connectivity index (χ4n) is 2.96. The molecule has 2 fully saturated rings. The van der Waals surface area contributed by atoms with Crippen molar-refractivity contribution < 1.29 is 17.9 Å². The van der Waals surface area contributed by atoms with Gasteiger partial charge in [0, 0.05) is 12.6 Å². The lowest BCUT2D eigenvalue weighted by Gasteiger charge is -2.30. The second kappa shape index (κ2) is 6.19. The molecule has 2 rings (SSSR count). The SMILES string of the molecule is COC(=O)C1CCCCC1S(=O)(=O)NC1CCNC1. The molecule has 0 aromatic carbocycles. The molecule has 0 aromatic rings. The van der Waals surface area contributed by atoms with Gasteiger partial charge in [0.1, 0.15) is 0 Å². The topological polar surface area (TPSA) is 84.5 Å². The first-order valence-electron chi connectivity index (χ1n) is 6.84. The predicted octanol–water partition coefficient (Wildman–Crippen LogP) is -0.000500. The lowest BCUT2D eigenvalue weighted by molar-refractivity contribution is -0.146. The number of sulfonamides is 1. The monoisotopic (exact) mass is 290 g/mol. The molecule has 1 aliphatic carbocycles. The highest BCUT2D eigenvalue weighted by molar-refractivity contribution is 7.90. The molecule has 0 radical (unpaired) electrons. The van der Waals surface area contributed by atoms with E-state index in [1.807, 2.05) is 0 Å². The average Bonchev–Trinajstić information content (AvgIpc) is 2.90. The van der Waals surface area contributed by atoms with Gasteiger partial charge in [-0.05, 0) is 25.8 Å². The minimum atomic E-state index is -3.46. The zero-order valence-corrected chi connectivity index (χ0v) is 12.0. The number of nitrogens with one attached hydrogen (secondary N) is 2. The summed E-state index contributed by atoms with van der Waals surface area (Å²) in [5.74, 6) is -0.926. The van der Waals surface area contributed by atoms with Crippen molar-refractivity contribution in [2.24, 2.45) is 5.92 Å². The number of hydrogen-bond donors (Lipinski definition) is 2. The van der Waals surface area contributed by atoms with E-state index in [0.29, 0.717) is 19.4 Å². The molecule has 7 heteroatoms. The molecule has 19 heavy (non-hydrogen) atoms. The van der Waals surface area contributed by atoms with E-state index < -0.39 is 27.2 Å². The summed E-state index contributed by atoms with van der Waals surface area (Å²) in [6, 6.07) is -0.0507. The first-order chi connectivity index (χ1) is 9.04. The van der Waals surface area contributed by atoms with Gasteiger partial charge in [0.15, 0.2) is 0 Å². The Bertz CT molecular complexity index is 417. The van der Waals surface area contributed by atoms with Crippen LogP contribution in [0.5, 0.6) is 0 Å². The van der Waals surface area contributed by atoms with Crippen LogP contribution in [0.3, 0.4) is 0 Å². The predicted molar refractivity (Wildman–Crippen MR) is 71.1 cm³/mol. The van der Waals surface area contributed by atoms with Gasteiger partial charge in [0.25, 0.3) is 0 Å². The Hall–Kier alpha value is -0.660. The van der Waals surface area contributed by atoms with Gasteiger partial charge >= 0.3 is 5.97 Å². The number of hydrogen-bond acceptors (Lipinski definition) is 5. The number of carbonyl (C=O) groups excluding carboxylic acids is 1. The fourth-order valence-corrected chi connectivity index (χ4v) is 4.96. The maximum Gasteiger partial charge on any atom is 0.310 e. The van der Waals surface area contributed by atoms with Crippen LogP contribution in [0.15, 0.2) is 0 Å². The smallest absolute Gasteiger partial charge is 0.310 e. The largest absolute Gasteiger partial charge is 0.469 e. The minimum Gasteiger partial charge on any atom is -0.469 e. The van der Waals surface area contributed by atoms with Crippen LogP contribution in [-0.4, -0.2) is 45.9 Å². The quantitative estimate of drug-likeness (QED) is 0.712. The third-order valence-corrected chi connectivity index (χ3v) is 6.02. The Morgan fingerprint density at radius 3 is 2.63 bits per heavy atom. The van der Waals surface area contributed by atoms with Crippen molar-refractivity contribution in [3.63, 3.8) is 0 Å². The van der Waals surface area contributed by atoms with Gasteiger partial charge in [-0.2, -0.15) is 0 Å². The van der Waals surface area contributed by atoms with E-state index in [4.69, 9.17) is 4.74 Å². The van der Waals surface area contributed by atoms with Gasteiger partial charge in [-0.1, -0.05) is 12.8 Å². The van der Waals surface area contributed by atoms with Crippen LogP contribution in [0.25, 0.3) is 0 Å². The normalized spacial score (nSPS) is 32.2. The fraction of sp³-hybridized carbons (Fsp3) is 0.917. The minimum absolute atomic E-state index is 0.0507. The van der Waals surface area contributed by atoms with Crippen LogP contribution in [0, 0.1) is 5.92 Å². The highest BCUT2D eigenvalue weighted by Gasteiger charge is 2.41. The van der Waals surface area contributed by atoms with Crippen molar-refractivity contribution in [2.75, 3.05) is 20.2 Å². The molecule has 1 saturated carbocycles. The number of ether oxygens (including phenoxy) is 1. The molecule has 110 valence electrons. The summed E-state index contributed by atoms with van der Waals surface area (Å²) in [6.45, 7) is 1.49. The van der Waals surface area contributed by atoms with Gasteiger partial charge in [0.05, 0.1) is 18.3 Å². The van der Waals surface area contributed by atoms with E-state index in [2.05, 4.69) is 10.0 Å². The van der Waals surface area contributed by atoms with Crippen molar-refractivity contribution in [1.82, 2.24) is 10.0 Å². The lowest BCUT2D eigenvalue weighted by Crippen LogP contribution is -2.47. The summed E-state index contributed by atoms with van der Waals surface area (Å²) in [5, 5.41) is 2.48. The van der Waals surface area contributed by atoms with Gasteiger partial charge in [-0.15, -0.1) is 0 Å². The van der Waals surface area contributed by atoms with E-state index in [9.17, 15) is 13.2 Å². The van der Waals surface area contributed by atoms with Crippen LogP contribution in [-0.2, 0) is 19.6 Å². The second-order valence-electron chi connectivity index (χ2n) is 5.31. The van der Waals surface area contributed by atoms with Crippen LogP contribution in [0.4, 0.5) is 0 Å². The average molecular weight is 290 g/mol. The van der Waals surface area contributed by atoms with E-state index >= 15 is 0 Å². The molecule has 0 bridgehead atoms. The van der Waals surface area contributed by atoms with Crippen LogP contribution < -0.4 is 10.0 Å². The van der Waals surface area contributed by atoms with Crippen molar-refractivity contribution in [2.45, 2.75) is 43.4 Å². The number of esters is 1. The molecule has 3 unspecified atom stereocenters. The van der Waals surface area contributed by atoms with Crippen molar-refractivity contribution >= 4 is 16.0 Å². The Labute approximate surface area is 114 Å². The van der Waals surface area contributed by atoms with E-state index in [1.54, 1.807) is 0 Å². The molecule has 0 aromatic heterocycles. The van der Waals surface area contributed by atoms with E-state index in [-0.39, 0.29) is 6.04 Å².